The molecule has 0 amide bonds. The molecule has 0 aliphatic carbocycles. The highest BCUT2D eigenvalue weighted by Gasteiger charge is 2.45. The summed E-state index contributed by atoms with van der Waals surface area (Å²) in [5.41, 5.74) is 22.8. The molecule has 3 saturated heterocycles. The van der Waals surface area contributed by atoms with Crippen LogP contribution in [0.3, 0.4) is 0 Å². The van der Waals surface area contributed by atoms with E-state index >= 15 is 0 Å². The summed E-state index contributed by atoms with van der Waals surface area (Å²) in [7, 11) is -5.26. The first-order valence-electron chi connectivity index (χ1n) is 45.9. The molecule has 11 nitrogen and oxygen atoms in total. The Hall–Kier alpha value is -6.38. The predicted molar refractivity (Wildman–Crippen MR) is 529 cm³/mol. The molecule has 4 aliphatic rings. The zero-order valence-corrected chi connectivity index (χ0v) is 85.2. The minimum absolute atomic E-state index is 0.0224. The summed E-state index contributed by atoms with van der Waals surface area (Å²) >= 11 is 0. The quantitative estimate of drug-likeness (QED) is 0.0572. The van der Waals surface area contributed by atoms with Crippen molar-refractivity contribution < 1.29 is 49.8 Å². The summed E-state index contributed by atoms with van der Waals surface area (Å²) in [5, 5.41) is 0. The molecule has 13 rings (SSSR count). The number of rotatable bonds is 23. The lowest BCUT2D eigenvalue weighted by Crippen LogP contribution is -2.44. The Bertz CT molecular complexity index is 4780. The molecule has 4 heterocycles. The second-order valence-electron chi connectivity index (χ2n) is 42.6. The van der Waals surface area contributed by atoms with E-state index in [1.165, 1.54) is 101 Å². The largest absolute Gasteiger partial charge is 0.463 e. The maximum atomic E-state index is 6.63. The van der Waals surface area contributed by atoms with Gasteiger partial charge in [0.15, 0.2) is 8.38 Å². The van der Waals surface area contributed by atoms with Crippen LogP contribution in [-0.2, 0) is 108 Å². The fraction of sp³-hybridized carbons (Fsp3) is 0.509. The van der Waals surface area contributed by atoms with Gasteiger partial charge in [0.2, 0.25) is 0 Å². The standard InChI is InChI=1S/C31H47O3P.C30H36O5P2.C25H28.C24H41O3P/c1-12-32-35-33-28-24(15-22(13-20(2)3)17-26(28)30(6,7)8)19-25-16-23(14-21(4)5)18-27(29(25)34-35)31(9,10)11;1-28(2,23-12-8-6-9-13-23)25-16-17-27(26(18-25)29(3,4)24-14-10-7-11-15-24)35-37-33-21-30(22-34-37)19-31-36(5)32-20-30;1-20-17-18-24(25(2,3)23-15-8-5-9-16-23)19-22(20)14-10-13-21-11-6-4-7-12-21;1-11-24(10)15-25-28(26-16-24)27-21-19(22(4,5)6)13-18(12-17(2)3)14-20(21)23(7,8)9/h15-18,20-21H,12-14,19H2,1-11H3;6-18H,19-22H2,1-5H3;4-9,11-12,15-19H,10,13-14H2,1-3H3;13-14,17H,11-12,15-16H2,1-10H3. The predicted octanol–water partition coefficient (Wildman–Crippen LogP) is 31.3. The van der Waals surface area contributed by atoms with E-state index in [1.807, 2.05) is 13.6 Å². The van der Waals surface area contributed by atoms with Crippen LogP contribution in [0.25, 0.3) is 0 Å². The molecular formula is C110H152O11P4. The molecule has 0 bridgehead atoms. The van der Waals surface area contributed by atoms with Crippen molar-refractivity contribution in [2.24, 2.45) is 28.6 Å². The highest BCUT2D eigenvalue weighted by atomic mass is 31.2. The molecule has 15 heteroatoms. The van der Waals surface area contributed by atoms with Gasteiger partial charge in [0.25, 0.3) is 0 Å². The molecule has 0 saturated carbocycles. The lowest BCUT2D eigenvalue weighted by molar-refractivity contribution is -0.0598. The molecule has 678 valence electrons. The van der Waals surface area contributed by atoms with Gasteiger partial charge in [0.05, 0.1) is 51.7 Å². The van der Waals surface area contributed by atoms with Gasteiger partial charge in [-0.05, 0) is 177 Å². The van der Waals surface area contributed by atoms with Crippen molar-refractivity contribution >= 4 is 34.2 Å². The molecule has 0 N–H and O–H groups in total. The van der Waals surface area contributed by atoms with Gasteiger partial charge in [-0.3, -0.25) is 4.52 Å². The zero-order valence-electron chi connectivity index (χ0n) is 81.6. The first-order chi connectivity index (χ1) is 58.7. The van der Waals surface area contributed by atoms with Crippen LogP contribution in [0.2, 0.25) is 0 Å². The van der Waals surface area contributed by atoms with Crippen molar-refractivity contribution in [1.29, 1.82) is 0 Å². The zero-order chi connectivity index (χ0) is 91.3. The van der Waals surface area contributed by atoms with Crippen LogP contribution in [0.4, 0.5) is 0 Å². The van der Waals surface area contributed by atoms with E-state index in [4.69, 9.17) is 49.8 Å². The van der Waals surface area contributed by atoms with Gasteiger partial charge >= 0.3 is 25.8 Å². The van der Waals surface area contributed by atoms with Crippen LogP contribution in [-0.4, -0.2) is 52.9 Å². The monoisotopic (exact) mass is 1770 g/mol. The minimum atomic E-state index is -1.57. The molecule has 0 radical (unpaired) electrons. The Balaban J connectivity index is 0.000000176. The maximum absolute atomic E-state index is 6.63. The smallest absolute Gasteiger partial charge is 0.426 e. The molecule has 1 spiro atoms. The molecule has 0 atom stereocenters. The van der Waals surface area contributed by atoms with E-state index < -0.39 is 34.2 Å². The Morgan fingerprint density at radius 3 is 1.18 bits per heavy atom. The normalized spacial score (nSPS) is 19.1. The molecular weight excluding hydrogens is 1620 g/mol. The number of aryl methyl sites for hydroxylation is 3. The minimum Gasteiger partial charge on any atom is -0.426 e. The summed E-state index contributed by atoms with van der Waals surface area (Å²) < 4.78 is 68.2. The first kappa shape index (κ1) is 101. The fourth-order valence-electron chi connectivity index (χ4n) is 16.4. The summed E-state index contributed by atoms with van der Waals surface area (Å²) in [6.07, 6.45) is 8.50. The number of hydrogen-bond acceptors (Lipinski definition) is 11. The Kier molecular flexibility index (Phi) is 34.8. The van der Waals surface area contributed by atoms with Crippen molar-refractivity contribution in [3.05, 3.63) is 294 Å². The van der Waals surface area contributed by atoms with Crippen LogP contribution in [0.1, 0.15) is 300 Å². The lowest BCUT2D eigenvalue weighted by atomic mass is 9.73. The highest BCUT2D eigenvalue weighted by Crippen LogP contribution is 2.57. The first-order valence-corrected chi connectivity index (χ1v) is 50.8. The number of benzene rings is 9. The average Bonchev–Trinajstić information content (AvgIpc) is 0.766. The van der Waals surface area contributed by atoms with Gasteiger partial charge in [-0.1, -0.05) is 368 Å². The van der Waals surface area contributed by atoms with Crippen LogP contribution < -0.4 is 18.1 Å². The van der Waals surface area contributed by atoms with Crippen molar-refractivity contribution in [3.63, 3.8) is 0 Å². The third-order valence-electron chi connectivity index (χ3n) is 24.7. The molecule has 3 fully saturated rings. The third-order valence-corrected chi connectivity index (χ3v) is 28.8. The van der Waals surface area contributed by atoms with E-state index in [-0.39, 0.29) is 48.7 Å². The Labute approximate surface area is 761 Å². The van der Waals surface area contributed by atoms with E-state index in [1.54, 1.807) is 0 Å². The van der Waals surface area contributed by atoms with Crippen LogP contribution in [0, 0.1) is 35.5 Å². The summed E-state index contributed by atoms with van der Waals surface area (Å²) in [6.45, 7) is 69.2. The Morgan fingerprint density at radius 1 is 0.376 bits per heavy atom. The average molecular weight is 1770 g/mol. The third kappa shape index (κ3) is 27.4. The molecule has 4 aliphatic heterocycles. The molecule has 9 aromatic rings. The van der Waals surface area contributed by atoms with Crippen molar-refractivity contribution in [3.8, 4) is 23.0 Å². The van der Waals surface area contributed by atoms with E-state index in [2.05, 4.69) is 381 Å². The van der Waals surface area contributed by atoms with E-state index in [9.17, 15) is 0 Å². The van der Waals surface area contributed by atoms with Gasteiger partial charge in [-0.15, -0.1) is 0 Å². The van der Waals surface area contributed by atoms with Crippen molar-refractivity contribution in [2.45, 2.75) is 283 Å². The Morgan fingerprint density at radius 2 is 0.760 bits per heavy atom. The van der Waals surface area contributed by atoms with Gasteiger partial charge in [0.1, 0.15) is 23.0 Å². The van der Waals surface area contributed by atoms with Gasteiger partial charge in [-0.2, -0.15) is 0 Å². The lowest BCUT2D eigenvalue weighted by Gasteiger charge is -2.41. The second kappa shape index (κ2) is 43.1. The SMILES string of the molecule is CCC1(C)COP(Oc2c(C(C)(C)C)cc(CC(C)C)cc2C(C)(C)C)OC1.CCOP1Oc2c(cc(CC(C)C)cc2C(C)(C)C)Cc2cc(CC(C)C)cc(C(C)(C)C)c2O1.CP1OCC2(CO1)COP(Oc1ccc(C(C)(C)c3ccccc3)cc1C(C)(C)c1ccccc1)OC2.Cc1ccc(C(C)(C)c2ccccc2)cc1CCCc1ccccc1. The molecule has 0 unspecified atom stereocenters. The van der Waals surface area contributed by atoms with Gasteiger partial charge < -0.3 is 45.2 Å². The molecule has 9 aromatic carbocycles. The highest BCUT2D eigenvalue weighted by molar-refractivity contribution is 7.46. The molecule has 125 heavy (non-hydrogen) atoms. The second-order valence-corrected chi connectivity index (χ2v) is 47.4. The molecule has 0 aromatic heterocycles. The van der Waals surface area contributed by atoms with Crippen LogP contribution in [0.15, 0.2) is 194 Å². The van der Waals surface area contributed by atoms with Crippen molar-refractivity contribution in [1.82, 2.24) is 0 Å². The van der Waals surface area contributed by atoms with E-state index in [0.29, 0.717) is 64.0 Å². The van der Waals surface area contributed by atoms with Gasteiger partial charge in [0, 0.05) is 62.6 Å². The van der Waals surface area contributed by atoms with Crippen LogP contribution in [0.5, 0.6) is 23.0 Å². The number of fused-ring (bicyclic) bond motifs is 2. The topological polar surface area (TPSA) is 102 Å². The summed E-state index contributed by atoms with van der Waals surface area (Å²) in [4.78, 5) is 0. The maximum Gasteiger partial charge on any atom is 0.463 e. The van der Waals surface area contributed by atoms with Crippen molar-refractivity contribution in [2.75, 3.05) is 52.9 Å². The number of hydrogen-bond donors (Lipinski definition) is 0. The van der Waals surface area contributed by atoms with Gasteiger partial charge in [-0.25, -0.2) is 0 Å². The van der Waals surface area contributed by atoms with E-state index in [0.717, 1.165) is 73.5 Å². The fourth-order valence-corrected chi connectivity index (χ4v) is 21.1. The summed E-state index contributed by atoms with van der Waals surface area (Å²) in [5.74, 6) is 5.45. The van der Waals surface area contributed by atoms with Crippen LogP contribution >= 0.6 is 34.2 Å². The summed E-state index contributed by atoms with van der Waals surface area (Å²) in [6, 6.07) is 70.4.